The first-order chi connectivity index (χ1) is 7.50. The Morgan fingerprint density at radius 1 is 1.44 bits per heavy atom. The Bertz CT molecular complexity index is 584. The lowest BCUT2D eigenvalue weighted by molar-refractivity contribution is 0.430. The van der Waals surface area contributed by atoms with Gasteiger partial charge in [0.1, 0.15) is 0 Å². The van der Waals surface area contributed by atoms with Crippen LogP contribution in [0.4, 0.5) is 5.88 Å². The standard InChI is InChI=1S/C9H10N2O3S2/c1-6-7(2)10-14-9(6)11-16(12,13)8-3-4-15-5-8/h3-5,11H,1-2H3. The van der Waals surface area contributed by atoms with Crippen molar-refractivity contribution < 1.29 is 12.9 Å². The molecule has 16 heavy (non-hydrogen) atoms. The third-order valence-corrected chi connectivity index (χ3v) is 4.35. The van der Waals surface area contributed by atoms with Crippen LogP contribution in [-0.2, 0) is 10.0 Å². The van der Waals surface area contributed by atoms with Gasteiger partial charge >= 0.3 is 0 Å². The van der Waals surface area contributed by atoms with E-state index in [-0.39, 0.29) is 10.8 Å². The number of sulfonamides is 1. The molecule has 5 nitrogen and oxygen atoms in total. The van der Waals surface area contributed by atoms with Crippen LogP contribution in [0.1, 0.15) is 11.3 Å². The van der Waals surface area contributed by atoms with Crippen LogP contribution in [0.5, 0.6) is 0 Å². The van der Waals surface area contributed by atoms with E-state index in [0.29, 0.717) is 11.3 Å². The molecule has 0 fully saturated rings. The Kier molecular flexibility index (Phi) is 2.73. The van der Waals surface area contributed by atoms with Gasteiger partial charge in [-0.2, -0.15) is 11.3 Å². The summed E-state index contributed by atoms with van der Waals surface area (Å²) < 4.78 is 30.9. The monoisotopic (exact) mass is 258 g/mol. The number of thiophene rings is 1. The number of nitrogens with one attached hydrogen (secondary N) is 1. The predicted molar refractivity (Wildman–Crippen MR) is 61.1 cm³/mol. The number of anilines is 1. The first kappa shape index (κ1) is 11.2. The van der Waals surface area contributed by atoms with Crippen molar-refractivity contribution >= 4 is 27.2 Å². The number of hydrogen-bond donors (Lipinski definition) is 1. The van der Waals surface area contributed by atoms with Gasteiger partial charge in [-0.1, -0.05) is 5.16 Å². The van der Waals surface area contributed by atoms with Crippen LogP contribution in [0.25, 0.3) is 0 Å². The van der Waals surface area contributed by atoms with E-state index in [2.05, 4.69) is 9.88 Å². The molecule has 0 aliphatic heterocycles. The van der Waals surface area contributed by atoms with Crippen molar-refractivity contribution in [3.05, 3.63) is 28.1 Å². The predicted octanol–water partition coefficient (Wildman–Crippen LogP) is 2.15. The number of aryl methyl sites for hydroxylation is 1. The van der Waals surface area contributed by atoms with Crippen LogP contribution < -0.4 is 4.72 Å². The molecule has 0 aromatic carbocycles. The average molecular weight is 258 g/mol. The summed E-state index contributed by atoms with van der Waals surface area (Å²) in [6.07, 6.45) is 0. The minimum atomic E-state index is -3.55. The molecule has 0 unspecified atom stereocenters. The molecule has 1 N–H and O–H groups in total. The highest BCUT2D eigenvalue weighted by Gasteiger charge is 2.19. The van der Waals surface area contributed by atoms with E-state index in [1.54, 1.807) is 24.6 Å². The molecular formula is C9H10N2O3S2. The Labute approximate surface area is 97.1 Å². The van der Waals surface area contributed by atoms with Gasteiger partial charge in [0.05, 0.1) is 10.6 Å². The van der Waals surface area contributed by atoms with Gasteiger partial charge in [0, 0.05) is 10.9 Å². The molecule has 0 aliphatic rings. The average Bonchev–Trinajstić information content (AvgIpc) is 2.83. The van der Waals surface area contributed by atoms with Crippen LogP contribution in [0.15, 0.2) is 26.2 Å². The Morgan fingerprint density at radius 2 is 2.19 bits per heavy atom. The molecular weight excluding hydrogens is 248 g/mol. The zero-order valence-electron chi connectivity index (χ0n) is 8.72. The highest BCUT2D eigenvalue weighted by molar-refractivity contribution is 7.92. The summed E-state index contributed by atoms with van der Waals surface area (Å²) in [5.74, 6) is 0.170. The summed E-state index contributed by atoms with van der Waals surface area (Å²) in [6, 6.07) is 1.53. The summed E-state index contributed by atoms with van der Waals surface area (Å²) in [5, 5.41) is 6.94. The highest BCUT2D eigenvalue weighted by atomic mass is 32.2. The van der Waals surface area contributed by atoms with Crippen molar-refractivity contribution in [2.75, 3.05) is 4.72 Å². The Morgan fingerprint density at radius 3 is 2.69 bits per heavy atom. The van der Waals surface area contributed by atoms with E-state index >= 15 is 0 Å². The van der Waals surface area contributed by atoms with Crippen LogP contribution in [0.3, 0.4) is 0 Å². The van der Waals surface area contributed by atoms with E-state index in [0.717, 1.165) is 0 Å². The van der Waals surface area contributed by atoms with Crippen LogP contribution >= 0.6 is 11.3 Å². The Balaban J connectivity index is 2.32. The molecule has 2 rings (SSSR count). The van der Waals surface area contributed by atoms with E-state index in [1.807, 2.05) is 0 Å². The fourth-order valence-corrected chi connectivity index (χ4v) is 3.17. The van der Waals surface area contributed by atoms with Gasteiger partial charge in [-0.15, -0.1) is 0 Å². The van der Waals surface area contributed by atoms with Gasteiger partial charge < -0.3 is 4.52 Å². The van der Waals surface area contributed by atoms with Crippen LogP contribution in [0.2, 0.25) is 0 Å². The largest absolute Gasteiger partial charge is 0.337 e. The summed E-state index contributed by atoms with van der Waals surface area (Å²) in [6.45, 7) is 3.50. The lowest BCUT2D eigenvalue weighted by Crippen LogP contribution is -2.12. The first-order valence-corrected chi connectivity index (χ1v) is 6.91. The van der Waals surface area contributed by atoms with Gasteiger partial charge in [0.25, 0.3) is 10.0 Å². The molecule has 0 saturated carbocycles. The maximum absolute atomic E-state index is 11.8. The SMILES string of the molecule is Cc1noc(NS(=O)(=O)c2ccsc2)c1C. The fourth-order valence-electron chi connectivity index (χ4n) is 1.10. The zero-order valence-corrected chi connectivity index (χ0v) is 10.4. The van der Waals surface area contributed by atoms with Crippen molar-refractivity contribution in [3.8, 4) is 0 Å². The third kappa shape index (κ3) is 1.96. The third-order valence-electron chi connectivity index (χ3n) is 2.19. The maximum atomic E-state index is 11.8. The van der Waals surface area contributed by atoms with Crippen LogP contribution in [0, 0.1) is 13.8 Å². The van der Waals surface area contributed by atoms with E-state index < -0.39 is 10.0 Å². The second kappa shape index (κ2) is 3.91. The van der Waals surface area contributed by atoms with Crippen molar-refractivity contribution in [2.45, 2.75) is 18.7 Å². The molecule has 0 spiro atoms. The van der Waals surface area contributed by atoms with E-state index in [1.165, 1.54) is 17.4 Å². The summed E-state index contributed by atoms with van der Waals surface area (Å²) in [5.41, 5.74) is 1.36. The van der Waals surface area contributed by atoms with Crippen molar-refractivity contribution in [3.63, 3.8) is 0 Å². The fraction of sp³-hybridized carbons (Fsp3) is 0.222. The summed E-state index contributed by atoms with van der Waals surface area (Å²) in [7, 11) is -3.55. The van der Waals surface area contributed by atoms with Crippen molar-refractivity contribution in [1.29, 1.82) is 0 Å². The topological polar surface area (TPSA) is 72.2 Å². The lowest BCUT2D eigenvalue weighted by atomic mass is 10.3. The molecule has 0 aliphatic carbocycles. The second-order valence-electron chi connectivity index (χ2n) is 3.29. The zero-order chi connectivity index (χ0) is 11.8. The number of aromatic nitrogens is 1. The molecule has 0 radical (unpaired) electrons. The first-order valence-electron chi connectivity index (χ1n) is 4.48. The minimum absolute atomic E-state index is 0.170. The second-order valence-corrected chi connectivity index (χ2v) is 5.75. The highest BCUT2D eigenvalue weighted by Crippen LogP contribution is 2.22. The number of hydrogen-bond acceptors (Lipinski definition) is 5. The van der Waals surface area contributed by atoms with Crippen LogP contribution in [-0.4, -0.2) is 13.6 Å². The van der Waals surface area contributed by atoms with Gasteiger partial charge in [-0.05, 0) is 25.3 Å². The number of rotatable bonds is 3. The van der Waals surface area contributed by atoms with Crippen molar-refractivity contribution in [1.82, 2.24) is 5.16 Å². The van der Waals surface area contributed by atoms with Gasteiger partial charge in [-0.3, -0.25) is 0 Å². The number of nitrogens with zero attached hydrogens (tertiary/aromatic N) is 1. The minimum Gasteiger partial charge on any atom is -0.337 e. The summed E-state index contributed by atoms with van der Waals surface area (Å²) >= 11 is 1.32. The molecule has 0 saturated heterocycles. The smallest absolute Gasteiger partial charge is 0.265 e. The molecule has 86 valence electrons. The van der Waals surface area contributed by atoms with Gasteiger partial charge in [-0.25, -0.2) is 13.1 Å². The van der Waals surface area contributed by atoms with Gasteiger partial charge in [0.2, 0.25) is 5.88 Å². The summed E-state index contributed by atoms with van der Waals surface area (Å²) in [4.78, 5) is 0.228. The molecule has 2 aromatic rings. The molecule has 2 aromatic heterocycles. The normalized spacial score (nSPS) is 11.6. The van der Waals surface area contributed by atoms with E-state index in [4.69, 9.17) is 4.52 Å². The lowest BCUT2D eigenvalue weighted by Gasteiger charge is -2.02. The van der Waals surface area contributed by atoms with Crippen molar-refractivity contribution in [2.24, 2.45) is 0 Å². The maximum Gasteiger partial charge on any atom is 0.265 e. The molecule has 0 amide bonds. The quantitative estimate of drug-likeness (QED) is 0.915. The molecule has 7 heteroatoms. The van der Waals surface area contributed by atoms with E-state index in [9.17, 15) is 8.42 Å². The molecule has 0 bridgehead atoms. The Hall–Kier alpha value is -1.34. The van der Waals surface area contributed by atoms with Gasteiger partial charge in [0.15, 0.2) is 0 Å². The molecule has 2 heterocycles. The molecule has 0 atom stereocenters.